The van der Waals surface area contributed by atoms with Crippen LogP contribution in [0.1, 0.15) is 24.8 Å². The normalized spacial score (nSPS) is 15.2. The van der Waals surface area contributed by atoms with Gasteiger partial charge in [-0.3, -0.25) is 14.0 Å². The van der Waals surface area contributed by atoms with Crippen LogP contribution < -0.4 is 15.2 Å². The van der Waals surface area contributed by atoms with Crippen LogP contribution in [0, 0.1) is 0 Å². The average molecular weight is 546 g/mol. The fourth-order valence-corrected chi connectivity index (χ4v) is 5.55. The van der Waals surface area contributed by atoms with Gasteiger partial charge in [-0.1, -0.05) is 48.5 Å². The maximum atomic E-state index is 13.2. The predicted molar refractivity (Wildman–Crippen MR) is 163 cm³/mol. The third kappa shape index (κ3) is 6.61. The van der Waals surface area contributed by atoms with Crippen molar-refractivity contribution in [3.63, 3.8) is 0 Å². The van der Waals surface area contributed by atoms with Crippen LogP contribution in [0.2, 0.25) is 0 Å². The van der Waals surface area contributed by atoms with E-state index < -0.39 is 0 Å². The number of aromatic nitrogens is 2. The minimum Gasteiger partial charge on any atom is -0.492 e. The highest BCUT2D eigenvalue weighted by Crippen LogP contribution is 2.23. The Labute approximate surface area is 241 Å². The zero-order valence-electron chi connectivity index (χ0n) is 23.1. The second-order valence-corrected chi connectivity index (χ2v) is 10.4. The van der Waals surface area contributed by atoms with Gasteiger partial charge in [0.25, 0.3) is 0 Å². The minimum absolute atomic E-state index is 0.133. The predicted octanol–water partition coefficient (Wildman–Crippen LogP) is 6.90. The third-order valence-electron chi connectivity index (χ3n) is 7.74. The van der Waals surface area contributed by atoms with Gasteiger partial charge in [-0.05, 0) is 98.5 Å². The van der Waals surface area contributed by atoms with Gasteiger partial charge in [0.05, 0.1) is 11.4 Å². The van der Waals surface area contributed by atoms with Crippen molar-refractivity contribution < 1.29 is 9.47 Å². The number of hydrogen-bond acceptors (Lipinski definition) is 4. The highest BCUT2D eigenvalue weighted by Gasteiger charge is 2.23. The largest absolute Gasteiger partial charge is 0.492 e. The summed E-state index contributed by atoms with van der Waals surface area (Å²) in [7, 11) is 0. The molecule has 1 atom stereocenters. The summed E-state index contributed by atoms with van der Waals surface area (Å²) >= 11 is 0. The van der Waals surface area contributed by atoms with Crippen molar-refractivity contribution in [3.8, 4) is 28.6 Å². The fourth-order valence-electron chi connectivity index (χ4n) is 5.55. The van der Waals surface area contributed by atoms with E-state index in [1.807, 2.05) is 78.9 Å². The molecule has 1 aliphatic heterocycles. The zero-order valence-corrected chi connectivity index (χ0v) is 23.1. The number of imidazole rings is 1. The van der Waals surface area contributed by atoms with E-state index in [4.69, 9.17) is 9.47 Å². The van der Waals surface area contributed by atoms with Crippen molar-refractivity contribution in [2.75, 3.05) is 19.7 Å². The molecule has 1 aliphatic rings. The van der Waals surface area contributed by atoms with Crippen LogP contribution in [0.25, 0.3) is 11.4 Å². The molecule has 0 saturated carbocycles. The molecular formula is C35H35N3O3. The number of rotatable bonds is 11. The lowest BCUT2D eigenvalue weighted by Crippen LogP contribution is -2.33. The van der Waals surface area contributed by atoms with Gasteiger partial charge in [0.1, 0.15) is 23.9 Å². The molecule has 6 heteroatoms. The van der Waals surface area contributed by atoms with E-state index in [1.54, 1.807) is 21.5 Å². The lowest BCUT2D eigenvalue weighted by atomic mass is 10.0. The Bertz CT molecular complexity index is 1580. The Morgan fingerprint density at radius 3 is 1.93 bits per heavy atom. The summed E-state index contributed by atoms with van der Waals surface area (Å²) in [6.45, 7) is 2.73. The van der Waals surface area contributed by atoms with Crippen molar-refractivity contribution in [2.45, 2.75) is 31.7 Å². The molecule has 5 aromatic rings. The third-order valence-corrected chi connectivity index (χ3v) is 7.74. The van der Waals surface area contributed by atoms with Gasteiger partial charge < -0.3 is 9.47 Å². The molecule has 6 nitrogen and oxygen atoms in total. The first kappa shape index (κ1) is 26.7. The number of benzene rings is 4. The smallest absolute Gasteiger partial charge is 0.337 e. The molecular weight excluding hydrogens is 510 g/mol. The van der Waals surface area contributed by atoms with Crippen molar-refractivity contribution in [1.29, 1.82) is 0 Å². The van der Waals surface area contributed by atoms with Crippen LogP contribution in [0.4, 0.5) is 0 Å². The monoisotopic (exact) mass is 545 g/mol. The number of likely N-dealkylation sites (tertiary alicyclic amines) is 1. The van der Waals surface area contributed by atoms with E-state index >= 15 is 0 Å². The van der Waals surface area contributed by atoms with Crippen LogP contribution in [-0.4, -0.2) is 39.8 Å². The zero-order chi connectivity index (χ0) is 27.9. The van der Waals surface area contributed by atoms with E-state index in [0.717, 1.165) is 48.1 Å². The van der Waals surface area contributed by atoms with E-state index in [9.17, 15) is 4.79 Å². The van der Waals surface area contributed by atoms with Crippen LogP contribution in [-0.2, 0) is 6.42 Å². The van der Waals surface area contributed by atoms with Gasteiger partial charge in [-0.25, -0.2) is 4.79 Å². The molecule has 208 valence electrons. The fraction of sp³-hybridized carbons (Fsp3) is 0.229. The van der Waals surface area contributed by atoms with E-state index in [2.05, 4.69) is 35.2 Å². The van der Waals surface area contributed by atoms with Crippen LogP contribution in [0.3, 0.4) is 0 Å². The molecule has 0 amide bonds. The van der Waals surface area contributed by atoms with Gasteiger partial charge in [0, 0.05) is 25.0 Å². The molecule has 0 bridgehead atoms. The molecule has 1 unspecified atom stereocenters. The quantitative estimate of drug-likeness (QED) is 0.181. The first-order valence-electron chi connectivity index (χ1n) is 14.4. The number of aryl methyl sites for hydroxylation is 1. The highest BCUT2D eigenvalue weighted by molar-refractivity contribution is 5.41. The lowest BCUT2D eigenvalue weighted by molar-refractivity contribution is 0.191. The second-order valence-electron chi connectivity index (χ2n) is 10.4. The van der Waals surface area contributed by atoms with E-state index in [-0.39, 0.29) is 5.69 Å². The Hall–Kier alpha value is -4.55. The highest BCUT2D eigenvalue weighted by atomic mass is 16.5. The SMILES string of the molecule is O=c1n(-c2ccc(OCCN3CCCC3CCc3ccccc3)cc2)ccn1-c1ccc(Oc2ccccc2)cc1. The summed E-state index contributed by atoms with van der Waals surface area (Å²) < 4.78 is 15.2. The molecule has 1 saturated heterocycles. The van der Waals surface area contributed by atoms with Crippen molar-refractivity contribution in [3.05, 3.63) is 138 Å². The topological polar surface area (TPSA) is 48.6 Å². The molecule has 0 N–H and O–H groups in total. The summed E-state index contributed by atoms with van der Waals surface area (Å²) in [5, 5.41) is 0. The summed E-state index contributed by atoms with van der Waals surface area (Å²) in [4.78, 5) is 15.8. The Morgan fingerprint density at radius 2 is 1.27 bits per heavy atom. The molecule has 41 heavy (non-hydrogen) atoms. The standard InChI is InChI=1S/C35H35N3O3/c39-35-37(24-25-38(35)31-17-21-34(22-18-31)41-33-11-5-2-6-12-33)30-15-19-32(20-16-30)40-27-26-36-23-7-10-29(36)14-13-28-8-3-1-4-9-28/h1-6,8-9,11-12,15-22,24-25,29H,7,10,13-14,23,26-27H2. The van der Waals surface area contributed by atoms with E-state index in [1.165, 1.54) is 24.8 Å². The van der Waals surface area contributed by atoms with Gasteiger partial charge in [-0.15, -0.1) is 0 Å². The van der Waals surface area contributed by atoms with Crippen LogP contribution in [0.15, 0.2) is 126 Å². The van der Waals surface area contributed by atoms with Crippen LogP contribution in [0.5, 0.6) is 17.2 Å². The first-order valence-corrected chi connectivity index (χ1v) is 14.4. The van der Waals surface area contributed by atoms with Gasteiger partial charge in [0.2, 0.25) is 0 Å². The average Bonchev–Trinajstić information content (AvgIpc) is 3.64. The summed E-state index contributed by atoms with van der Waals surface area (Å²) in [5.74, 6) is 2.31. The minimum atomic E-state index is -0.133. The van der Waals surface area contributed by atoms with E-state index in [0.29, 0.717) is 12.6 Å². The molecule has 1 fully saturated rings. The second kappa shape index (κ2) is 12.7. The lowest BCUT2D eigenvalue weighted by Gasteiger charge is -2.24. The van der Waals surface area contributed by atoms with Crippen molar-refractivity contribution in [1.82, 2.24) is 14.0 Å². The maximum absolute atomic E-state index is 13.2. The molecule has 0 spiro atoms. The molecule has 1 aromatic heterocycles. The van der Waals surface area contributed by atoms with Crippen molar-refractivity contribution >= 4 is 0 Å². The van der Waals surface area contributed by atoms with Crippen LogP contribution >= 0.6 is 0 Å². The number of ether oxygens (including phenoxy) is 2. The van der Waals surface area contributed by atoms with Gasteiger partial charge >= 0.3 is 5.69 Å². The summed E-state index contributed by atoms with van der Waals surface area (Å²) in [5.41, 5.74) is 2.85. The number of nitrogens with zero attached hydrogens (tertiary/aromatic N) is 3. The Kier molecular flexibility index (Phi) is 8.29. The summed E-state index contributed by atoms with van der Waals surface area (Å²) in [6, 6.07) is 36.2. The summed E-state index contributed by atoms with van der Waals surface area (Å²) in [6.07, 6.45) is 8.41. The molecule has 6 rings (SSSR count). The first-order chi connectivity index (χ1) is 20.2. The number of hydrogen-bond donors (Lipinski definition) is 0. The molecule has 4 aromatic carbocycles. The Morgan fingerprint density at radius 1 is 0.683 bits per heavy atom. The Balaban J connectivity index is 1.02. The maximum Gasteiger partial charge on any atom is 0.337 e. The molecule has 2 heterocycles. The number of para-hydroxylation sites is 1. The van der Waals surface area contributed by atoms with Gasteiger partial charge in [-0.2, -0.15) is 0 Å². The molecule has 0 aliphatic carbocycles. The van der Waals surface area contributed by atoms with Crippen molar-refractivity contribution in [2.24, 2.45) is 0 Å². The molecule has 0 radical (unpaired) electrons. The van der Waals surface area contributed by atoms with Gasteiger partial charge in [0.15, 0.2) is 0 Å².